The second-order valence-corrected chi connectivity index (χ2v) is 9.55. The maximum atomic E-state index is 12.9. The van der Waals surface area contributed by atoms with E-state index in [0.29, 0.717) is 27.7 Å². The molecule has 0 unspecified atom stereocenters. The van der Waals surface area contributed by atoms with Gasteiger partial charge in [-0.1, -0.05) is 28.1 Å². The lowest BCUT2D eigenvalue weighted by Crippen LogP contribution is -2.36. The second-order valence-electron chi connectivity index (χ2n) is 5.89. The molecule has 1 heterocycles. The van der Waals surface area contributed by atoms with Crippen molar-refractivity contribution in [1.29, 1.82) is 5.26 Å². The normalized spacial score (nSPS) is 15.4. The maximum absolute atomic E-state index is 12.9. The second kappa shape index (κ2) is 8.57. The van der Waals surface area contributed by atoms with E-state index in [2.05, 4.69) is 36.8 Å². The molecule has 0 N–H and O–H groups in total. The van der Waals surface area contributed by atoms with Crippen molar-refractivity contribution in [2.45, 2.75) is 4.90 Å². The Bertz CT molecular complexity index is 1010. The topological polar surface area (TPSA) is 70.4 Å². The molecule has 27 heavy (non-hydrogen) atoms. The highest BCUT2D eigenvalue weighted by Crippen LogP contribution is 2.30. The summed E-state index contributed by atoms with van der Waals surface area (Å²) in [5, 5.41) is 9.46. The third kappa shape index (κ3) is 4.61. The van der Waals surface area contributed by atoms with E-state index in [4.69, 9.17) is 4.74 Å². The quantitative estimate of drug-likeness (QED) is 0.569. The molecule has 0 atom stereocenters. The fraction of sp³-hybridized carbons (Fsp3) is 0.211. The van der Waals surface area contributed by atoms with Gasteiger partial charge in [0.05, 0.1) is 18.1 Å². The molecule has 0 aliphatic carbocycles. The molecule has 140 valence electrons. The van der Waals surface area contributed by atoms with Crippen molar-refractivity contribution >= 4 is 53.5 Å². The molecule has 0 spiro atoms. The van der Waals surface area contributed by atoms with Gasteiger partial charge in [-0.25, -0.2) is 8.42 Å². The SMILES string of the molecule is N#CC(=Cc1ccc(N2CCOCC2)cc1)S(=O)(=O)c1cc(Br)ccc1Br. The van der Waals surface area contributed by atoms with Crippen LogP contribution in [-0.2, 0) is 14.6 Å². The van der Waals surface area contributed by atoms with Gasteiger partial charge in [-0.3, -0.25) is 0 Å². The molecular weight excluding hydrogens is 496 g/mol. The standard InChI is InChI=1S/C19H16Br2N2O3S/c20-15-3-6-18(21)19(12-15)27(24,25)17(13-22)11-14-1-4-16(5-2-14)23-7-9-26-10-8-23/h1-6,11-12H,7-10H2. The van der Waals surface area contributed by atoms with Crippen LogP contribution in [0.5, 0.6) is 0 Å². The van der Waals surface area contributed by atoms with Crippen molar-refractivity contribution in [3.05, 3.63) is 61.9 Å². The first-order valence-electron chi connectivity index (χ1n) is 8.16. The van der Waals surface area contributed by atoms with Gasteiger partial charge < -0.3 is 9.64 Å². The highest BCUT2D eigenvalue weighted by Gasteiger charge is 2.24. The summed E-state index contributed by atoms with van der Waals surface area (Å²) in [6.45, 7) is 3.04. The van der Waals surface area contributed by atoms with E-state index in [1.54, 1.807) is 12.1 Å². The zero-order chi connectivity index (χ0) is 19.4. The van der Waals surface area contributed by atoms with Crippen LogP contribution in [0.2, 0.25) is 0 Å². The number of morpholine rings is 1. The highest BCUT2D eigenvalue weighted by atomic mass is 79.9. The summed E-state index contributed by atoms with van der Waals surface area (Å²) >= 11 is 6.52. The van der Waals surface area contributed by atoms with Crippen LogP contribution in [0.4, 0.5) is 5.69 Å². The minimum Gasteiger partial charge on any atom is -0.378 e. The van der Waals surface area contributed by atoms with E-state index in [0.717, 1.165) is 18.8 Å². The monoisotopic (exact) mass is 510 g/mol. The van der Waals surface area contributed by atoms with Gasteiger partial charge in [0.1, 0.15) is 11.0 Å². The van der Waals surface area contributed by atoms with Crippen molar-refractivity contribution in [2.75, 3.05) is 31.2 Å². The molecule has 1 fully saturated rings. The summed E-state index contributed by atoms with van der Waals surface area (Å²) in [5.74, 6) is 0. The lowest BCUT2D eigenvalue weighted by atomic mass is 10.2. The third-order valence-electron chi connectivity index (χ3n) is 4.15. The molecule has 3 rings (SSSR count). The average Bonchev–Trinajstić information content (AvgIpc) is 2.69. The number of sulfone groups is 1. The Kier molecular flexibility index (Phi) is 6.37. The van der Waals surface area contributed by atoms with Gasteiger partial charge in [-0.15, -0.1) is 0 Å². The number of rotatable bonds is 4. The average molecular weight is 512 g/mol. The summed E-state index contributed by atoms with van der Waals surface area (Å²) in [7, 11) is -3.94. The first-order chi connectivity index (χ1) is 12.9. The smallest absolute Gasteiger partial charge is 0.217 e. The molecule has 1 saturated heterocycles. The van der Waals surface area contributed by atoms with Crippen LogP contribution in [0.25, 0.3) is 6.08 Å². The Balaban J connectivity index is 1.92. The summed E-state index contributed by atoms with van der Waals surface area (Å²) in [6, 6.07) is 14.1. The summed E-state index contributed by atoms with van der Waals surface area (Å²) in [6.07, 6.45) is 1.39. The lowest BCUT2D eigenvalue weighted by molar-refractivity contribution is 0.122. The van der Waals surface area contributed by atoms with E-state index in [9.17, 15) is 13.7 Å². The van der Waals surface area contributed by atoms with Crippen LogP contribution in [-0.4, -0.2) is 34.7 Å². The molecule has 0 radical (unpaired) electrons. The van der Waals surface area contributed by atoms with Crippen LogP contribution in [0.3, 0.4) is 0 Å². The molecule has 0 saturated carbocycles. The Morgan fingerprint density at radius 1 is 1.11 bits per heavy atom. The number of hydrogen-bond donors (Lipinski definition) is 0. The van der Waals surface area contributed by atoms with E-state index < -0.39 is 9.84 Å². The number of nitrogens with zero attached hydrogens (tertiary/aromatic N) is 2. The predicted octanol–water partition coefficient (Wildman–Crippen LogP) is 4.39. The Labute approximate surface area is 175 Å². The van der Waals surface area contributed by atoms with E-state index in [1.165, 1.54) is 12.1 Å². The van der Waals surface area contributed by atoms with Crippen LogP contribution < -0.4 is 4.90 Å². The zero-order valence-corrected chi connectivity index (χ0v) is 18.2. The molecule has 0 amide bonds. The number of benzene rings is 2. The molecule has 1 aliphatic heterocycles. The predicted molar refractivity (Wildman–Crippen MR) is 112 cm³/mol. The highest BCUT2D eigenvalue weighted by molar-refractivity contribution is 9.11. The Morgan fingerprint density at radius 3 is 2.41 bits per heavy atom. The summed E-state index contributed by atoms with van der Waals surface area (Å²) in [5.41, 5.74) is 1.70. The number of anilines is 1. The van der Waals surface area contributed by atoms with Crippen molar-refractivity contribution in [3.8, 4) is 6.07 Å². The van der Waals surface area contributed by atoms with Gasteiger partial charge in [0.15, 0.2) is 0 Å². The number of halogens is 2. The molecule has 2 aromatic rings. The van der Waals surface area contributed by atoms with Gasteiger partial charge >= 0.3 is 0 Å². The Morgan fingerprint density at radius 2 is 1.78 bits per heavy atom. The fourth-order valence-electron chi connectivity index (χ4n) is 2.73. The lowest BCUT2D eigenvalue weighted by Gasteiger charge is -2.28. The molecule has 8 heteroatoms. The maximum Gasteiger partial charge on any atom is 0.217 e. The van der Waals surface area contributed by atoms with E-state index in [1.807, 2.05) is 30.3 Å². The first kappa shape index (κ1) is 20.1. The molecular formula is C19H16Br2N2O3S. The van der Waals surface area contributed by atoms with E-state index >= 15 is 0 Å². The van der Waals surface area contributed by atoms with Crippen molar-refractivity contribution in [3.63, 3.8) is 0 Å². The third-order valence-corrected chi connectivity index (χ3v) is 7.30. The zero-order valence-electron chi connectivity index (χ0n) is 14.2. The molecule has 0 bridgehead atoms. The van der Waals surface area contributed by atoms with E-state index in [-0.39, 0.29) is 9.80 Å². The van der Waals surface area contributed by atoms with Crippen molar-refractivity contribution < 1.29 is 13.2 Å². The first-order valence-corrected chi connectivity index (χ1v) is 11.2. The van der Waals surface area contributed by atoms with Gasteiger partial charge in [0, 0.05) is 27.7 Å². The molecule has 2 aromatic carbocycles. The number of hydrogen-bond acceptors (Lipinski definition) is 5. The Hall–Kier alpha value is -1.66. The van der Waals surface area contributed by atoms with Crippen molar-refractivity contribution in [2.24, 2.45) is 0 Å². The van der Waals surface area contributed by atoms with Gasteiger partial charge in [-0.05, 0) is 57.9 Å². The van der Waals surface area contributed by atoms with Gasteiger partial charge in [0.25, 0.3) is 0 Å². The van der Waals surface area contributed by atoms with Crippen molar-refractivity contribution in [1.82, 2.24) is 0 Å². The van der Waals surface area contributed by atoms with Crippen LogP contribution >= 0.6 is 31.9 Å². The fourth-order valence-corrected chi connectivity index (χ4v) is 5.38. The minimum absolute atomic E-state index is 0.0506. The van der Waals surface area contributed by atoms with Crippen LogP contribution in [0.1, 0.15) is 5.56 Å². The number of ether oxygens (including phenoxy) is 1. The minimum atomic E-state index is -3.94. The van der Waals surface area contributed by atoms with Gasteiger partial charge in [-0.2, -0.15) is 5.26 Å². The van der Waals surface area contributed by atoms with Crippen LogP contribution in [0, 0.1) is 11.3 Å². The summed E-state index contributed by atoms with van der Waals surface area (Å²) < 4.78 is 32.2. The summed E-state index contributed by atoms with van der Waals surface area (Å²) in [4.78, 5) is 1.95. The largest absolute Gasteiger partial charge is 0.378 e. The molecule has 5 nitrogen and oxygen atoms in total. The van der Waals surface area contributed by atoms with Crippen LogP contribution in [0.15, 0.2) is 61.2 Å². The van der Waals surface area contributed by atoms with Gasteiger partial charge in [0.2, 0.25) is 9.84 Å². The number of nitriles is 1. The molecule has 1 aliphatic rings. The number of allylic oxidation sites excluding steroid dienone is 1. The molecule has 0 aromatic heterocycles.